The van der Waals surface area contributed by atoms with Gasteiger partial charge in [0, 0.05) is 28.7 Å². The van der Waals surface area contributed by atoms with Gasteiger partial charge in [-0.2, -0.15) is 0 Å². The van der Waals surface area contributed by atoms with Crippen LogP contribution in [0.25, 0.3) is 11.4 Å². The number of nitrogens with zero attached hydrogens (tertiary/aromatic N) is 3. The molecule has 0 unspecified atom stereocenters. The minimum absolute atomic E-state index is 0.342. The first-order valence-electron chi connectivity index (χ1n) is 9.01. The van der Waals surface area contributed by atoms with Gasteiger partial charge >= 0.3 is 0 Å². The molecule has 5 nitrogen and oxygen atoms in total. The number of benzene rings is 2. The second kappa shape index (κ2) is 8.01. The predicted octanol–water partition coefficient (Wildman–Crippen LogP) is 5.48. The Morgan fingerprint density at radius 1 is 1.14 bits per heavy atom. The van der Waals surface area contributed by atoms with Crippen molar-refractivity contribution in [1.82, 2.24) is 14.8 Å². The van der Waals surface area contributed by atoms with Gasteiger partial charge in [-0.15, -0.1) is 10.2 Å². The van der Waals surface area contributed by atoms with Gasteiger partial charge in [0.25, 0.3) is 5.91 Å². The fourth-order valence-corrected chi connectivity index (χ4v) is 4.06. The summed E-state index contributed by atoms with van der Waals surface area (Å²) in [4.78, 5) is 12.6. The molecule has 0 aliphatic carbocycles. The van der Waals surface area contributed by atoms with E-state index in [1.165, 1.54) is 24.6 Å². The number of hydrogen-bond acceptors (Lipinski definition) is 3. The number of amides is 1. The van der Waals surface area contributed by atoms with Gasteiger partial charge in [-0.05, 0) is 65.2 Å². The van der Waals surface area contributed by atoms with Crippen molar-refractivity contribution in [3.8, 4) is 11.4 Å². The number of carbonyl (C=O) groups excluding carboxylic acids is 1. The highest BCUT2D eigenvalue weighted by molar-refractivity contribution is 9.10. The number of nitrogens with one attached hydrogen (secondary N) is 1. The van der Waals surface area contributed by atoms with E-state index < -0.39 is 5.82 Å². The molecule has 1 aliphatic rings. The monoisotopic (exact) mass is 462 g/mol. The molecule has 0 spiro atoms. The molecule has 1 amide bonds. The van der Waals surface area contributed by atoms with Crippen molar-refractivity contribution in [2.45, 2.75) is 32.2 Å². The first-order chi connectivity index (χ1) is 13.5. The van der Waals surface area contributed by atoms with Crippen molar-refractivity contribution in [1.29, 1.82) is 0 Å². The lowest BCUT2D eigenvalue weighted by atomic mass is 10.1. The van der Waals surface area contributed by atoms with E-state index in [0.29, 0.717) is 26.6 Å². The molecular weight excluding hydrogens is 447 g/mol. The Labute approximate surface area is 175 Å². The lowest BCUT2D eigenvalue weighted by Crippen LogP contribution is -2.13. The SMILES string of the molecule is O=C(Nc1ccc(Cl)c(-c2nnc3n2CCCCC3)c1)c1ccc(F)cc1Br. The number of aromatic nitrogens is 3. The molecule has 144 valence electrons. The van der Waals surface area contributed by atoms with Gasteiger partial charge in [0.05, 0.1) is 10.6 Å². The summed E-state index contributed by atoms with van der Waals surface area (Å²) in [6.45, 7) is 0.854. The Hall–Kier alpha value is -2.25. The molecule has 4 rings (SSSR count). The molecule has 0 fully saturated rings. The maximum Gasteiger partial charge on any atom is 0.256 e. The van der Waals surface area contributed by atoms with Crippen LogP contribution >= 0.6 is 27.5 Å². The van der Waals surface area contributed by atoms with Crippen molar-refractivity contribution in [3.05, 3.63) is 63.1 Å². The number of aryl methyl sites for hydroxylation is 1. The molecule has 28 heavy (non-hydrogen) atoms. The average molecular weight is 464 g/mol. The van der Waals surface area contributed by atoms with Crippen LogP contribution in [0.15, 0.2) is 40.9 Å². The van der Waals surface area contributed by atoms with Crippen molar-refractivity contribution < 1.29 is 9.18 Å². The third-order valence-corrected chi connectivity index (χ3v) is 5.74. The minimum Gasteiger partial charge on any atom is -0.322 e. The Kier molecular flexibility index (Phi) is 5.46. The van der Waals surface area contributed by atoms with Gasteiger partial charge in [-0.25, -0.2) is 4.39 Å². The van der Waals surface area contributed by atoms with E-state index in [1.54, 1.807) is 18.2 Å². The fraction of sp³-hybridized carbons (Fsp3) is 0.250. The van der Waals surface area contributed by atoms with Crippen LogP contribution in [0, 0.1) is 5.82 Å². The lowest BCUT2D eigenvalue weighted by Gasteiger charge is -2.11. The van der Waals surface area contributed by atoms with Crippen molar-refractivity contribution in [3.63, 3.8) is 0 Å². The second-order valence-electron chi connectivity index (χ2n) is 6.68. The number of fused-ring (bicyclic) bond motifs is 1. The minimum atomic E-state index is -0.412. The summed E-state index contributed by atoms with van der Waals surface area (Å²) in [6, 6.07) is 9.18. The number of carbonyl (C=O) groups is 1. The highest BCUT2D eigenvalue weighted by Gasteiger charge is 2.19. The third-order valence-electron chi connectivity index (χ3n) is 4.75. The Morgan fingerprint density at radius 3 is 2.82 bits per heavy atom. The second-order valence-corrected chi connectivity index (χ2v) is 7.94. The van der Waals surface area contributed by atoms with Crippen molar-refractivity contribution in [2.24, 2.45) is 0 Å². The normalized spacial score (nSPS) is 13.7. The molecule has 0 saturated heterocycles. The first-order valence-corrected chi connectivity index (χ1v) is 10.2. The number of anilines is 1. The molecule has 0 radical (unpaired) electrons. The Bertz CT molecular complexity index is 1050. The molecule has 0 saturated carbocycles. The zero-order valence-electron chi connectivity index (χ0n) is 14.9. The maximum absolute atomic E-state index is 13.3. The molecule has 1 aliphatic heterocycles. The summed E-state index contributed by atoms with van der Waals surface area (Å²) in [7, 11) is 0. The van der Waals surface area contributed by atoms with Gasteiger partial charge in [-0.3, -0.25) is 4.79 Å². The molecule has 1 N–H and O–H groups in total. The molecule has 2 heterocycles. The predicted molar refractivity (Wildman–Crippen MR) is 110 cm³/mol. The van der Waals surface area contributed by atoms with Crippen LogP contribution in [0.5, 0.6) is 0 Å². The topological polar surface area (TPSA) is 59.8 Å². The molecule has 2 aromatic carbocycles. The van der Waals surface area contributed by atoms with E-state index in [0.717, 1.165) is 37.2 Å². The quantitative estimate of drug-likeness (QED) is 0.559. The molecule has 3 aromatic rings. The van der Waals surface area contributed by atoms with E-state index in [4.69, 9.17) is 11.6 Å². The Morgan fingerprint density at radius 2 is 2.00 bits per heavy atom. The van der Waals surface area contributed by atoms with Crippen LogP contribution in [-0.2, 0) is 13.0 Å². The highest BCUT2D eigenvalue weighted by atomic mass is 79.9. The van der Waals surface area contributed by atoms with Crippen LogP contribution in [0.3, 0.4) is 0 Å². The average Bonchev–Trinajstić information content (AvgIpc) is 2.91. The third kappa shape index (κ3) is 3.82. The largest absolute Gasteiger partial charge is 0.322 e. The molecule has 1 aromatic heterocycles. The number of halogens is 3. The standard InChI is InChI=1S/C20H17BrClFN4O/c21-16-10-12(23)5-7-14(16)20(28)24-13-6-8-17(22)15(11-13)19-26-25-18-4-2-1-3-9-27(18)19/h5-8,10-11H,1-4,9H2,(H,24,28). The van der Waals surface area contributed by atoms with Gasteiger partial charge in [0.15, 0.2) is 5.82 Å². The summed E-state index contributed by atoms with van der Waals surface area (Å²) >= 11 is 9.65. The number of hydrogen-bond donors (Lipinski definition) is 1. The van der Waals surface area contributed by atoms with E-state index in [-0.39, 0.29) is 5.91 Å². The maximum atomic E-state index is 13.3. The van der Waals surface area contributed by atoms with Gasteiger partial charge in [0.2, 0.25) is 0 Å². The van der Waals surface area contributed by atoms with Gasteiger partial charge < -0.3 is 9.88 Å². The molecule has 0 atom stereocenters. The summed E-state index contributed by atoms with van der Waals surface area (Å²) in [6.07, 6.45) is 4.25. The van der Waals surface area contributed by atoms with E-state index >= 15 is 0 Å². The zero-order chi connectivity index (χ0) is 19.7. The van der Waals surface area contributed by atoms with Crippen molar-refractivity contribution >= 4 is 39.1 Å². The summed E-state index contributed by atoms with van der Waals surface area (Å²) in [5.74, 6) is 0.916. The van der Waals surface area contributed by atoms with Crippen LogP contribution in [-0.4, -0.2) is 20.7 Å². The summed E-state index contributed by atoms with van der Waals surface area (Å²) < 4.78 is 15.8. The molecular formula is C20H17BrClFN4O. The van der Waals surface area contributed by atoms with Crippen molar-refractivity contribution in [2.75, 3.05) is 5.32 Å². The zero-order valence-corrected chi connectivity index (χ0v) is 17.2. The number of rotatable bonds is 3. The highest BCUT2D eigenvalue weighted by Crippen LogP contribution is 2.31. The Balaban J connectivity index is 1.65. The van der Waals surface area contributed by atoms with Crippen LogP contribution in [0.2, 0.25) is 5.02 Å². The van der Waals surface area contributed by atoms with E-state index in [9.17, 15) is 9.18 Å². The first kappa shape index (κ1) is 19.1. The van der Waals surface area contributed by atoms with E-state index in [1.807, 2.05) is 0 Å². The van der Waals surface area contributed by atoms with Gasteiger partial charge in [0.1, 0.15) is 11.6 Å². The molecule has 0 bridgehead atoms. The molecule has 8 heteroatoms. The smallest absolute Gasteiger partial charge is 0.256 e. The van der Waals surface area contributed by atoms with E-state index in [2.05, 4.69) is 36.0 Å². The lowest BCUT2D eigenvalue weighted by molar-refractivity contribution is 0.102. The van der Waals surface area contributed by atoms with Crippen LogP contribution in [0.1, 0.15) is 35.4 Å². The summed E-state index contributed by atoms with van der Waals surface area (Å²) in [5, 5.41) is 12.0. The summed E-state index contributed by atoms with van der Waals surface area (Å²) in [5.41, 5.74) is 1.64. The van der Waals surface area contributed by atoms with Crippen LogP contribution in [0.4, 0.5) is 10.1 Å². The fourth-order valence-electron chi connectivity index (χ4n) is 3.33. The van der Waals surface area contributed by atoms with Crippen LogP contribution < -0.4 is 5.32 Å². The van der Waals surface area contributed by atoms with Gasteiger partial charge in [-0.1, -0.05) is 18.0 Å².